The number of aliphatic hydroxyl groups is 1. The molecule has 1 fully saturated rings. The van der Waals surface area contributed by atoms with Gasteiger partial charge in [0.15, 0.2) is 5.60 Å². The van der Waals surface area contributed by atoms with Crippen LogP contribution in [0.5, 0.6) is 0 Å². The van der Waals surface area contributed by atoms with E-state index in [-0.39, 0.29) is 30.8 Å². The molecule has 1 atom stereocenters. The van der Waals surface area contributed by atoms with Crippen LogP contribution in [0.1, 0.15) is 50.4 Å². The van der Waals surface area contributed by atoms with Crippen molar-refractivity contribution in [1.82, 2.24) is 4.57 Å². The van der Waals surface area contributed by atoms with E-state index in [1.807, 2.05) is 0 Å². The maximum absolute atomic E-state index is 13.2. The summed E-state index contributed by atoms with van der Waals surface area (Å²) in [6.07, 6.45) is 0.402. The molecule has 1 aromatic rings. The molecule has 1 spiro atoms. The third kappa shape index (κ3) is 3.23. The van der Waals surface area contributed by atoms with E-state index in [9.17, 15) is 19.5 Å². The lowest BCUT2D eigenvalue weighted by Crippen LogP contribution is -2.41. The number of carbonyl (C=O) groups excluding carboxylic acids is 2. The van der Waals surface area contributed by atoms with E-state index in [0.29, 0.717) is 31.9 Å². The number of nitrogens with zero attached hydrogens (tertiary/aromatic N) is 1. The number of hydrogen-bond acceptors (Lipinski definition) is 8. The molecule has 2 aliphatic heterocycles. The maximum atomic E-state index is 13.2. The number of aromatic nitrogens is 1. The van der Waals surface area contributed by atoms with Gasteiger partial charge in [-0.3, -0.25) is 9.59 Å². The highest BCUT2D eigenvalue weighted by atomic mass is 16.7. The first-order chi connectivity index (χ1) is 13.3. The smallest absolute Gasteiger partial charge is 0.342 e. The lowest BCUT2D eigenvalue weighted by Gasteiger charge is -2.29. The molecule has 0 amide bonds. The highest BCUT2D eigenvalue weighted by molar-refractivity contribution is 5.81. The quantitative estimate of drug-likeness (QED) is 0.700. The third-order valence-corrected chi connectivity index (χ3v) is 5.20. The number of hydrogen-bond donors (Lipinski definition) is 1. The Kier molecular flexibility index (Phi) is 5.60. The molecule has 9 nitrogen and oxygen atoms in total. The Hall–Kier alpha value is -2.23. The predicted octanol–water partition coefficient (Wildman–Crippen LogP) is 0.675. The van der Waals surface area contributed by atoms with Gasteiger partial charge in [0.1, 0.15) is 6.61 Å². The topological polar surface area (TPSA) is 113 Å². The van der Waals surface area contributed by atoms with Crippen LogP contribution in [-0.4, -0.2) is 41.4 Å². The van der Waals surface area contributed by atoms with Gasteiger partial charge in [0.25, 0.3) is 5.56 Å². The summed E-state index contributed by atoms with van der Waals surface area (Å²) in [5, 5.41) is 11.2. The molecule has 1 saturated heterocycles. The van der Waals surface area contributed by atoms with E-state index in [0.717, 1.165) is 0 Å². The van der Waals surface area contributed by atoms with E-state index in [2.05, 4.69) is 0 Å². The average Bonchev–Trinajstić information content (AvgIpc) is 3.28. The molecular weight excluding hydrogens is 370 g/mol. The Labute approximate surface area is 162 Å². The summed E-state index contributed by atoms with van der Waals surface area (Å²) in [4.78, 5) is 37.0. The second-order valence-electron chi connectivity index (χ2n) is 6.79. The monoisotopic (exact) mass is 395 g/mol. The SMILES string of the molecule is CCOC(=O)[C@](O)(CC)c1cc2n(c(=O)c1COC(C)=O)CCC21OCCO1. The first-order valence-electron chi connectivity index (χ1n) is 9.37. The van der Waals surface area contributed by atoms with E-state index in [4.69, 9.17) is 18.9 Å². The van der Waals surface area contributed by atoms with Gasteiger partial charge in [0.05, 0.1) is 31.1 Å². The molecule has 0 aromatic carbocycles. The van der Waals surface area contributed by atoms with Crippen molar-refractivity contribution in [3.63, 3.8) is 0 Å². The van der Waals surface area contributed by atoms with E-state index in [1.54, 1.807) is 19.9 Å². The van der Waals surface area contributed by atoms with Crippen LogP contribution in [0.25, 0.3) is 0 Å². The van der Waals surface area contributed by atoms with Crippen LogP contribution in [-0.2, 0) is 53.1 Å². The fourth-order valence-electron chi connectivity index (χ4n) is 3.74. The molecule has 154 valence electrons. The van der Waals surface area contributed by atoms with Crippen LogP contribution in [0.3, 0.4) is 0 Å². The summed E-state index contributed by atoms with van der Waals surface area (Å²) in [7, 11) is 0. The third-order valence-electron chi connectivity index (χ3n) is 5.20. The van der Waals surface area contributed by atoms with Gasteiger partial charge >= 0.3 is 11.9 Å². The minimum absolute atomic E-state index is 0.0312. The summed E-state index contributed by atoms with van der Waals surface area (Å²) in [5.74, 6) is -2.52. The molecule has 2 aliphatic rings. The van der Waals surface area contributed by atoms with E-state index >= 15 is 0 Å². The van der Waals surface area contributed by atoms with Gasteiger partial charge in [0, 0.05) is 25.5 Å². The van der Waals surface area contributed by atoms with E-state index in [1.165, 1.54) is 11.5 Å². The summed E-state index contributed by atoms with van der Waals surface area (Å²) in [6.45, 7) is 5.28. The Morgan fingerprint density at radius 1 is 1.29 bits per heavy atom. The normalized spacial score (nSPS) is 19.3. The number of fused-ring (bicyclic) bond motifs is 2. The Morgan fingerprint density at radius 3 is 2.54 bits per heavy atom. The van der Waals surface area contributed by atoms with Crippen molar-refractivity contribution in [2.24, 2.45) is 0 Å². The Balaban J connectivity index is 2.21. The Bertz CT molecular complexity index is 839. The molecule has 0 aliphatic carbocycles. The first kappa shape index (κ1) is 20.5. The molecule has 3 heterocycles. The summed E-state index contributed by atoms with van der Waals surface area (Å²) in [5.41, 5.74) is -2.01. The molecular formula is C19H25NO8. The molecule has 1 aromatic heterocycles. The fraction of sp³-hybridized carbons (Fsp3) is 0.632. The number of ether oxygens (including phenoxy) is 4. The number of rotatable bonds is 6. The van der Waals surface area contributed by atoms with Crippen molar-refractivity contribution < 1.29 is 33.6 Å². The molecule has 0 radical (unpaired) electrons. The van der Waals surface area contributed by atoms with Gasteiger partial charge < -0.3 is 28.6 Å². The van der Waals surface area contributed by atoms with Gasteiger partial charge in [-0.2, -0.15) is 0 Å². The van der Waals surface area contributed by atoms with Gasteiger partial charge in [-0.1, -0.05) is 6.92 Å². The average molecular weight is 395 g/mol. The lowest BCUT2D eigenvalue weighted by molar-refractivity contribution is -0.168. The van der Waals surface area contributed by atoms with E-state index < -0.39 is 28.9 Å². The van der Waals surface area contributed by atoms with Gasteiger partial charge in [-0.25, -0.2) is 4.79 Å². The predicted molar refractivity (Wildman–Crippen MR) is 95.2 cm³/mol. The zero-order valence-electron chi connectivity index (χ0n) is 16.3. The minimum atomic E-state index is -2.07. The fourth-order valence-corrected chi connectivity index (χ4v) is 3.74. The van der Waals surface area contributed by atoms with Crippen LogP contribution in [0.4, 0.5) is 0 Å². The second kappa shape index (κ2) is 7.65. The van der Waals surface area contributed by atoms with Gasteiger partial charge in [0.2, 0.25) is 5.79 Å². The largest absolute Gasteiger partial charge is 0.464 e. The van der Waals surface area contributed by atoms with Crippen molar-refractivity contribution in [3.05, 3.63) is 33.2 Å². The van der Waals surface area contributed by atoms with Crippen molar-refractivity contribution >= 4 is 11.9 Å². The van der Waals surface area contributed by atoms with Crippen molar-refractivity contribution in [3.8, 4) is 0 Å². The molecule has 28 heavy (non-hydrogen) atoms. The van der Waals surface area contributed by atoms with Gasteiger partial charge in [-0.15, -0.1) is 0 Å². The number of esters is 2. The summed E-state index contributed by atoms with van der Waals surface area (Å²) >= 11 is 0. The zero-order chi connectivity index (χ0) is 20.5. The number of pyridine rings is 1. The van der Waals surface area contributed by atoms with Crippen LogP contribution < -0.4 is 5.56 Å². The van der Waals surface area contributed by atoms with Crippen molar-refractivity contribution in [2.45, 2.75) is 58.2 Å². The number of carbonyl (C=O) groups is 2. The van der Waals surface area contributed by atoms with Crippen LogP contribution in [0.15, 0.2) is 10.9 Å². The second-order valence-corrected chi connectivity index (χ2v) is 6.79. The molecule has 0 unspecified atom stereocenters. The zero-order valence-corrected chi connectivity index (χ0v) is 16.3. The standard InChI is InChI=1S/C19H25NO8/c1-4-18(24,17(23)25-5-2)14-10-15-19(27-8-9-28-19)6-7-20(15)16(22)13(14)11-26-12(3)21/h10,24H,4-9,11H2,1-3H3/t18-/m0/s1. The lowest BCUT2D eigenvalue weighted by atomic mass is 9.87. The molecule has 1 N–H and O–H groups in total. The molecule has 0 bridgehead atoms. The highest BCUT2D eigenvalue weighted by Gasteiger charge is 2.48. The first-order valence-corrected chi connectivity index (χ1v) is 9.37. The minimum Gasteiger partial charge on any atom is -0.464 e. The van der Waals surface area contributed by atoms with Crippen LogP contribution in [0.2, 0.25) is 0 Å². The Morgan fingerprint density at radius 2 is 1.96 bits per heavy atom. The summed E-state index contributed by atoms with van der Waals surface area (Å²) < 4.78 is 23.1. The maximum Gasteiger partial charge on any atom is 0.342 e. The van der Waals surface area contributed by atoms with Crippen molar-refractivity contribution in [1.29, 1.82) is 0 Å². The molecule has 3 rings (SSSR count). The van der Waals surface area contributed by atoms with Crippen molar-refractivity contribution in [2.75, 3.05) is 19.8 Å². The van der Waals surface area contributed by atoms with Crippen LogP contribution >= 0.6 is 0 Å². The van der Waals surface area contributed by atoms with Gasteiger partial charge in [-0.05, 0) is 19.4 Å². The molecule has 0 saturated carbocycles. The molecule has 9 heteroatoms. The van der Waals surface area contributed by atoms with Crippen LogP contribution in [0, 0.1) is 0 Å². The highest BCUT2D eigenvalue weighted by Crippen LogP contribution is 2.41. The summed E-state index contributed by atoms with van der Waals surface area (Å²) in [6, 6.07) is 1.54.